The predicted molar refractivity (Wildman–Crippen MR) is 88.2 cm³/mol. The van der Waals surface area contributed by atoms with E-state index in [1.807, 2.05) is 13.0 Å². The van der Waals surface area contributed by atoms with Crippen LogP contribution in [-0.4, -0.2) is 33.2 Å². The van der Waals surface area contributed by atoms with Crippen LogP contribution in [0.25, 0.3) is 0 Å². The van der Waals surface area contributed by atoms with Crippen LogP contribution in [0.15, 0.2) is 47.5 Å². The molecule has 2 rings (SSSR count). The lowest BCUT2D eigenvalue weighted by atomic mass is 10.3. The first-order chi connectivity index (χ1) is 11.5. The number of hydrogen-bond donors (Lipinski definition) is 1. The minimum absolute atomic E-state index is 0.0926. The van der Waals surface area contributed by atoms with E-state index in [2.05, 4.69) is 9.71 Å². The molecule has 0 radical (unpaired) electrons. The van der Waals surface area contributed by atoms with E-state index in [9.17, 15) is 8.42 Å². The van der Waals surface area contributed by atoms with Gasteiger partial charge in [0.1, 0.15) is 24.1 Å². The Morgan fingerprint density at radius 3 is 2.62 bits per heavy atom. The van der Waals surface area contributed by atoms with Gasteiger partial charge in [0.05, 0.1) is 17.2 Å². The van der Waals surface area contributed by atoms with Gasteiger partial charge >= 0.3 is 0 Å². The van der Waals surface area contributed by atoms with E-state index in [0.29, 0.717) is 25.6 Å². The van der Waals surface area contributed by atoms with Crippen molar-refractivity contribution in [1.82, 2.24) is 4.98 Å². The zero-order valence-electron chi connectivity index (χ0n) is 13.1. The minimum Gasteiger partial charge on any atom is -0.491 e. The third kappa shape index (κ3) is 4.94. The molecular weight excluding hydrogens is 330 g/mol. The summed E-state index contributed by atoms with van der Waals surface area (Å²) in [6, 6.07) is 10.7. The summed E-state index contributed by atoms with van der Waals surface area (Å²) in [5, 5.41) is 8.80. The quantitative estimate of drug-likeness (QED) is 0.734. The van der Waals surface area contributed by atoms with Crippen molar-refractivity contribution in [3.8, 4) is 11.8 Å². The fourth-order valence-corrected chi connectivity index (χ4v) is 2.90. The number of aromatic nitrogens is 1. The highest BCUT2D eigenvalue weighted by Gasteiger charge is 2.14. The van der Waals surface area contributed by atoms with Crippen molar-refractivity contribution in [1.29, 1.82) is 5.26 Å². The average Bonchev–Trinajstić information content (AvgIpc) is 2.59. The highest BCUT2D eigenvalue weighted by atomic mass is 32.2. The summed E-state index contributed by atoms with van der Waals surface area (Å²) < 4.78 is 37.7. The second-order valence-electron chi connectivity index (χ2n) is 4.66. The highest BCUT2D eigenvalue weighted by Crippen LogP contribution is 2.19. The van der Waals surface area contributed by atoms with Crippen molar-refractivity contribution < 1.29 is 17.9 Å². The molecular formula is C16H17N3O4S. The second-order valence-corrected chi connectivity index (χ2v) is 6.35. The molecule has 1 aromatic heterocycles. The molecule has 0 saturated heterocycles. The van der Waals surface area contributed by atoms with Crippen LogP contribution in [0.1, 0.15) is 12.6 Å². The van der Waals surface area contributed by atoms with Gasteiger partial charge in [-0.3, -0.25) is 4.72 Å². The number of anilines is 1. The van der Waals surface area contributed by atoms with Crippen molar-refractivity contribution in [2.75, 3.05) is 24.5 Å². The Morgan fingerprint density at radius 2 is 1.96 bits per heavy atom. The number of rotatable bonds is 8. The van der Waals surface area contributed by atoms with Crippen LogP contribution in [0.3, 0.4) is 0 Å². The molecule has 7 nitrogen and oxygen atoms in total. The van der Waals surface area contributed by atoms with E-state index in [1.165, 1.54) is 30.5 Å². The Bertz CT molecular complexity index is 814. The lowest BCUT2D eigenvalue weighted by molar-refractivity contribution is 0.110. The Hall–Kier alpha value is -2.63. The van der Waals surface area contributed by atoms with Crippen LogP contribution in [0.5, 0.6) is 5.75 Å². The van der Waals surface area contributed by atoms with Crippen LogP contribution in [0.4, 0.5) is 5.69 Å². The molecule has 1 heterocycles. The number of sulfonamides is 1. The van der Waals surface area contributed by atoms with Crippen molar-refractivity contribution in [3.63, 3.8) is 0 Å². The Labute approximate surface area is 140 Å². The minimum atomic E-state index is -3.75. The third-order valence-electron chi connectivity index (χ3n) is 2.96. The van der Waals surface area contributed by atoms with Gasteiger partial charge in [-0.05, 0) is 43.3 Å². The number of nitrogens with zero attached hydrogens (tertiary/aromatic N) is 2. The summed E-state index contributed by atoms with van der Waals surface area (Å²) in [5.74, 6) is 0.560. The molecule has 0 atom stereocenters. The smallest absolute Gasteiger partial charge is 0.261 e. The normalized spacial score (nSPS) is 10.8. The van der Waals surface area contributed by atoms with Crippen LogP contribution < -0.4 is 9.46 Å². The second kappa shape index (κ2) is 8.29. The molecule has 0 amide bonds. The summed E-state index contributed by atoms with van der Waals surface area (Å²) in [7, 11) is -3.75. The zero-order chi connectivity index (χ0) is 17.4. The lowest BCUT2D eigenvalue weighted by Gasteiger charge is -2.10. The monoisotopic (exact) mass is 347 g/mol. The molecule has 126 valence electrons. The molecule has 1 aromatic carbocycles. The summed E-state index contributed by atoms with van der Waals surface area (Å²) in [4.78, 5) is 3.88. The average molecular weight is 347 g/mol. The Balaban J connectivity index is 2.05. The molecule has 8 heteroatoms. The predicted octanol–water partition coefficient (Wildman–Crippen LogP) is 2.17. The van der Waals surface area contributed by atoms with Gasteiger partial charge in [-0.25, -0.2) is 13.4 Å². The van der Waals surface area contributed by atoms with Crippen molar-refractivity contribution in [2.45, 2.75) is 11.8 Å². The van der Waals surface area contributed by atoms with Gasteiger partial charge < -0.3 is 9.47 Å². The van der Waals surface area contributed by atoms with E-state index in [0.717, 1.165) is 0 Å². The topological polar surface area (TPSA) is 101 Å². The van der Waals surface area contributed by atoms with Crippen LogP contribution >= 0.6 is 0 Å². The van der Waals surface area contributed by atoms with Crippen molar-refractivity contribution in [2.24, 2.45) is 0 Å². The number of ether oxygens (including phenoxy) is 2. The molecule has 0 fully saturated rings. The summed E-state index contributed by atoms with van der Waals surface area (Å²) in [6.45, 7) is 3.39. The molecule has 0 unspecified atom stereocenters. The van der Waals surface area contributed by atoms with Crippen LogP contribution in [0, 0.1) is 11.3 Å². The first-order valence-corrected chi connectivity index (χ1v) is 8.73. The standard InChI is InChI=1S/C16H17N3O4S/c1-2-22-9-10-23-15-3-5-16(6-4-15)24(20,21)19-13-7-8-18-14(11-13)12-17/h3-8,11H,2,9-10H2,1H3,(H,18,19). The fourth-order valence-electron chi connectivity index (χ4n) is 1.85. The molecule has 0 saturated carbocycles. The molecule has 1 N–H and O–H groups in total. The first-order valence-electron chi connectivity index (χ1n) is 7.24. The van der Waals surface area contributed by atoms with E-state index in [-0.39, 0.29) is 16.3 Å². The van der Waals surface area contributed by atoms with E-state index in [1.54, 1.807) is 12.1 Å². The van der Waals surface area contributed by atoms with Crippen LogP contribution in [0.2, 0.25) is 0 Å². The molecule has 0 aliphatic heterocycles. The maximum Gasteiger partial charge on any atom is 0.261 e. The zero-order valence-corrected chi connectivity index (χ0v) is 13.9. The molecule has 0 aliphatic rings. The third-order valence-corrected chi connectivity index (χ3v) is 4.36. The number of nitrogens with one attached hydrogen (secondary N) is 1. The van der Waals surface area contributed by atoms with Gasteiger partial charge in [0.2, 0.25) is 0 Å². The van der Waals surface area contributed by atoms with E-state index in [4.69, 9.17) is 14.7 Å². The molecule has 24 heavy (non-hydrogen) atoms. The van der Waals surface area contributed by atoms with Crippen molar-refractivity contribution >= 4 is 15.7 Å². The Kier molecular flexibility index (Phi) is 6.12. The maximum atomic E-state index is 12.3. The number of pyridine rings is 1. The summed E-state index contributed by atoms with van der Waals surface area (Å²) in [5.41, 5.74) is 0.409. The number of hydrogen-bond acceptors (Lipinski definition) is 6. The SMILES string of the molecule is CCOCCOc1ccc(S(=O)(=O)Nc2ccnc(C#N)c2)cc1. The molecule has 0 spiro atoms. The van der Waals surface area contributed by atoms with E-state index < -0.39 is 10.0 Å². The maximum absolute atomic E-state index is 12.3. The molecule has 2 aromatic rings. The van der Waals surface area contributed by atoms with Crippen LogP contribution in [-0.2, 0) is 14.8 Å². The number of nitriles is 1. The van der Waals surface area contributed by atoms with Gasteiger partial charge in [0, 0.05) is 12.8 Å². The first kappa shape index (κ1) is 17.7. The van der Waals surface area contributed by atoms with Gasteiger partial charge in [-0.15, -0.1) is 0 Å². The summed E-state index contributed by atoms with van der Waals surface area (Å²) >= 11 is 0. The van der Waals surface area contributed by atoms with Gasteiger partial charge in [-0.2, -0.15) is 5.26 Å². The van der Waals surface area contributed by atoms with E-state index >= 15 is 0 Å². The van der Waals surface area contributed by atoms with Gasteiger partial charge in [0.15, 0.2) is 0 Å². The molecule has 0 bridgehead atoms. The summed E-state index contributed by atoms with van der Waals surface area (Å²) in [6.07, 6.45) is 1.37. The molecule has 0 aliphatic carbocycles. The Morgan fingerprint density at radius 1 is 1.21 bits per heavy atom. The lowest BCUT2D eigenvalue weighted by Crippen LogP contribution is -2.13. The number of benzene rings is 1. The van der Waals surface area contributed by atoms with Crippen molar-refractivity contribution in [3.05, 3.63) is 48.3 Å². The van der Waals surface area contributed by atoms with Gasteiger partial charge in [0.25, 0.3) is 10.0 Å². The fraction of sp³-hybridized carbons (Fsp3) is 0.250. The largest absolute Gasteiger partial charge is 0.491 e. The van der Waals surface area contributed by atoms with Gasteiger partial charge in [-0.1, -0.05) is 0 Å². The highest BCUT2D eigenvalue weighted by molar-refractivity contribution is 7.92.